The zero-order valence-electron chi connectivity index (χ0n) is 11.5. The van der Waals surface area contributed by atoms with Crippen molar-refractivity contribution >= 4 is 0 Å². The molecule has 0 aromatic carbocycles. The maximum Gasteiger partial charge on any atom is 0.233 e. The number of rotatable bonds is 3. The third kappa shape index (κ3) is 2.80. The smallest absolute Gasteiger partial charge is 0.233 e. The van der Waals surface area contributed by atoms with Crippen LogP contribution in [0.3, 0.4) is 0 Å². The van der Waals surface area contributed by atoms with Crippen LogP contribution >= 0.6 is 0 Å². The third-order valence-electron chi connectivity index (χ3n) is 4.36. The van der Waals surface area contributed by atoms with E-state index in [0.717, 1.165) is 17.5 Å². The van der Waals surface area contributed by atoms with Gasteiger partial charge in [-0.25, -0.2) is 0 Å². The van der Waals surface area contributed by atoms with Gasteiger partial charge in [0.25, 0.3) is 0 Å². The largest absolute Gasteiger partial charge is 0.480 e. The molecular weight excluding hydrogens is 226 g/mol. The minimum Gasteiger partial charge on any atom is -0.480 e. The number of hydrogen-bond acceptors (Lipinski definition) is 4. The van der Waals surface area contributed by atoms with Crippen molar-refractivity contribution in [3.05, 3.63) is 17.8 Å². The summed E-state index contributed by atoms with van der Waals surface area (Å²) in [5.41, 5.74) is 7.20. The van der Waals surface area contributed by atoms with E-state index in [1.54, 1.807) is 7.11 Å². The first-order valence-corrected chi connectivity index (χ1v) is 6.75. The molecule has 4 atom stereocenters. The maximum atomic E-state index is 6.33. The standard InChI is InChI=1S/C14H23N3O/c1-9-4-5-11(8-10(9)2)14(15)12-6-7-13(18-3)17-16-12/h6-7,9-11,14H,4-5,8,15H2,1-3H3. The number of methoxy groups -OCH3 is 1. The normalized spacial score (nSPS) is 29.9. The fourth-order valence-corrected chi connectivity index (χ4v) is 2.77. The van der Waals surface area contributed by atoms with E-state index in [1.165, 1.54) is 19.3 Å². The SMILES string of the molecule is COc1ccc(C(N)C2CCC(C)C(C)C2)nn1. The second-order valence-corrected chi connectivity index (χ2v) is 5.55. The van der Waals surface area contributed by atoms with E-state index in [-0.39, 0.29) is 6.04 Å². The zero-order valence-corrected chi connectivity index (χ0v) is 11.5. The lowest BCUT2D eigenvalue weighted by Gasteiger charge is -2.34. The molecule has 1 aliphatic rings. The van der Waals surface area contributed by atoms with Crippen LogP contribution in [0.25, 0.3) is 0 Å². The topological polar surface area (TPSA) is 61.0 Å². The average Bonchev–Trinajstić information content (AvgIpc) is 2.41. The molecular formula is C14H23N3O. The van der Waals surface area contributed by atoms with Gasteiger partial charge in [-0.15, -0.1) is 5.10 Å². The molecule has 100 valence electrons. The monoisotopic (exact) mass is 249 g/mol. The molecule has 0 aliphatic heterocycles. The highest BCUT2D eigenvalue weighted by Gasteiger charge is 2.29. The lowest BCUT2D eigenvalue weighted by Crippen LogP contribution is -2.30. The van der Waals surface area contributed by atoms with Crippen molar-refractivity contribution < 1.29 is 4.74 Å². The van der Waals surface area contributed by atoms with E-state index in [2.05, 4.69) is 24.0 Å². The fourth-order valence-electron chi connectivity index (χ4n) is 2.77. The Morgan fingerprint density at radius 1 is 1.22 bits per heavy atom. The van der Waals surface area contributed by atoms with Crippen molar-refractivity contribution in [2.75, 3.05) is 7.11 Å². The van der Waals surface area contributed by atoms with E-state index in [9.17, 15) is 0 Å². The Morgan fingerprint density at radius 2 is 2.00 bits per heavy atom. The minimum atomic E-state index is -0.00152. The number of nitrogens with zero attached hydrogens (tertiary/aromatic N) is 2. The van der Waals surface area contributed by atoms with Crippen LogP contribution in [0, 0.1) is 17.8 Å². The Bertz CT molecular complexity index is 379. The van der Waals surface area contributed by atoms with Gasteiger partial charge in [-0.05, 0) is 36.7 Å². The Morgan fingerprint density at radius 3 is 2.56 bits per heavy atom. The first-order chi connectivity index (χ1) is 8.61. The Labute approximate surface area is 109 Å². The van der Waals surface area contributed by atoms with Crippen LogP contribution in [0.15, 0.2) is 12.1 Å². The van der Waals surface area contributed by atoms with Crippen LogP contribution in [-0.4, -0.2) is 17.3 Å². The lowest BCUT2D eigenvalue weighted by molar-refractivity contribution is 0.184. The number of ether oxygens (including phenoxy) is 1. The van der Waals surface area contributed by atoms with Gasteiger partial charge in [-0.1, -0.05) is 20.3 Å². The van der Waals surface area contributed by atoms with Crippen molar-refractivity contribution in [2.45, 2.75) is 39.2 Å². The van der Waals surface area contributed by atoms with Gasteiger partial charge in [0.05, 0.1) is 18.8 Å². The molecule has 0 saturated heterocycles. The first kappa shape index (κ1) is 13.3. The summed E-state index contributed by atoms with van der Waals surface area (Å²) in [6.45, 7) is 4.66. The number of aromatic nitrogens is 2. The van der Waals surface area contributed by atoms with Gasteiger partial charge < -0.3 is 10.5 Å². The lowest BCUT2D eigenvalue weighted by atomic mass is 9.73. The molecule has 4 heteroatoms. The van der Waals surface area contributed by atoms with Crippen LogP contribution in [0.4, 0.5) is 0 Å². The molecule has 0 bridgehead atoms. The van der Waals surface area contributed by atoms with E-state index >= 15 is 0 Å². The highest BCUT2D eigenvalue weighted by atomic mass is 16.5. The molecule has 0 spiro atoms. The van der Waals surface area contributed by atoms with Crippen LogP contribution in [-0.2, 0) is 0 Å². The molecule has 1 saturated carbocycles. The highest BCUT2D eigenvalue weighted by molar-refractivity contribution is 5.14. The summed E-state index contributed by atoms with van der Waals surface area (Å²) in [5, 5.41) is 8.16. The summed E-state index contributed by atoms with van der Waals surface area (Å²) in [4.78, 5) is 0. The van der Waals surface area contributed by atoms with Crippen molar-refractivity contribution in [3.63, 3.8) is 0 Å². The van der Waals surface area contributed by atoms with Crippen LogP contribution in [0.1, 0.15) is 44.8 Å². The molecule has 1 fully saturated rings. The summed E-state index contributed by atoms with van der Waals surface area (Å²) in [7, 11) is 1.59. The van der Waals surface area contributed by atoms with Gasteiger partial charge in [-0.2, -0.15) is 5.10 Å². The number of nitrogens with two attached hydrogens (primary N) is 1. The van der Waals surface area contributed by atoms with Crippen molar-refractivity contribution in [3.8, 4) is 5.88 Å². The summed E-state index contributed by atoms with van der Waals surface area (Å²) >= 11 is 0. The molecule has 4 nitrogen and oxygen atoms in total. The average molecular weight is 249 g/mol. The predicted molar refractivity (Wildman–Crippen MR) is 71.2 cm³/mol. The van der Waals surface area contributed by atoms with E-state index < -0.39 is 0 Å². The van der Waals surface area contributed by atoms with Gasteiger partial charge >= 0.3 is 0 Å². The minimum absolute atomic E-state index is 0.00152. The third-order valence-corrected chi connectivity index (χ3v) is 4.36. The summed E-state index contributed by atoms with van der Waals surface area (Å²) in [6, 6.07) is 3.76. The van der Waals surface area contributed by atoms with Gasteiger partial charge in [0, 0.05) is 6.07 Å². The molecule has 2 N–H and O–H groups in total. The van der Waals surface area contributed by atoms with Gasteiger partial charge in [0.1, 0.15) is 0 Å². The predicted octanol–water partition coefficient (Wildman–Crippen LogP) is 2.56. The fraction of sp³-hybridized carbons (Fsp3) is 0.714. The molecule has 4 unspecified atom stereocenters. The zero-order chi connectivity index (χ0) is 13.1. The Kier molecular flexibility index (Phi) is 4.17. The molecule has 0 radical (unpaired) electrons. The van der Waals surface area contributed by atoms with Gasteiger partial charge in [0.15, 0.2) is 0 Å². The van der Waals surface area contributed by atoms with Crippen molar-refractivity contribution in [1.82, 2.24) is 10.2 Å². The molecule has 2 rings (SSSR count). The van der Waals surface area contributed by atoms with Gasteiger partial charge in [0.2, 0.25) is 5.88 Å². The van der Waals surface area contributed by atoms with Gasteiger partial charge in [-0.3, -0.25) is 0 Å². The number of hydrogen-bond donors (Lipinski definition) is 1. The quantitative estimate of drug-likeness (QED) is 0.894. The molecule has 1 aliphatic carbocycles. The van der Waals surface area contributed by atoms with E-state index in [4.69, 9.17) is 10.5 Å². The maximum absolute atomic E-state index is 6.33. The van der Waals surface area contributed by atoms with Crippen LogP contribution < -0.4 is 10.5 Å². The van der Waals surface area contributed by atoms with Crippen molar-refractivity contribution in [1.29, 1.82) is 0 Å². The molecule has 1 aromatic rings. The summed E-state index contributed by atoms with van der Waals surface area (Å²) in [5.74, 6) is 2.63. The summed E-state index contributed by atoms with van der Waals surface area (Å²) in [6.07, 6.45) is 3.65. The molecule has 18 heavy (non-hydrogen) atoms. The molecule has 1 heterocycles. The summed E-state index contributed by atoms with van der Waals surface area (Å²) < 4.78 is 5.01. The highest BCUT2D eigenvalue weighted by Crippen LogP contribution is 2.38. The molecule has 1 aromatic heterocycles. The Balaban J connectivity index is 2.03. The second kappa shape index (κ2) is 5.65. The first-order valence-electron chi connectivity index (χ1n) is 6.75. The van der Waals surface area contributed by atoms with E-state index in [0.29, 0.717) is 11.8 Å². The van der Waals surface area contributed by atoms with Crippen LogP contribution in [0.2, 0.25) is 0 Å². The molecule has 0 amide bonds. The van der Waals surface area contributed by atoms with Crippen molar-refractivity contribution in [2.24, 2.45) is 23.5 Å². The van der Waals surface area contributed by atoms with E-state index in [1.807, 2.05) is 12.1 Å². The van der Waals surface area contributed by atoms with Crippen LogP contribution in [0.5, 0.6) is 5.88 Å². The second-order valence-electron chi connectivity index (χ2n) is 5.55. The Hall–Kier alpha value is -1.16.